The van der Waals surface area contributed by atoms with Crippen LogP contribution in [0.4, 0.5) is 5.69 Å². The highest BCUT2D eigenvalue weighted by molar-refractivity contribution is 6.30. The van der Waals surface area contributed by atoms with Crippen LogP contribution in [0.15, 0.2) is 78.4 Å². The van der Waals surface area contributed by atoms with E-state index in [1.165, 1.54) is 11.1 Å². The van der Waals surface area contributed by atoms with Gasteiger partial charge in [-0.05, 0) is 143 Å². The summed E-state index contributed by atoms with van der Waals surface area (Å²) in [6.45, 7) is 8.05. The zero-order valence-electron chi connectivity index (χ0n) is 29.3. The first kappa shape index (κ1) is 34.6. The predicted molar refractivity (Wildman–Crippen MR) is 195 cm³/mol. The molecule has 7 rings (SSSR count). The molecular weight excluding hydrogens is 650 g/mol. The van der Waals surface area contributed by atoms with E-state index in [9.17, 15) is 14.7 Å². The van der Waals surface area contributed by atoms with Crippen molar-refractivity contribution in [1.29, 1.82) is 0 Å². The molecular formula is C42H48ClNO6. The van der Waals surface area contributed by atoms with Crippen molar-refractivity contribution in [3.05, 3.63) is 106 Å². The summed E-state index contributed by atoms with van der Waals surface area (Å²) in [4.78, 5) is 27.9. The van der Waals surface area contributed by atoms with Crippen LogP contribution in [0.3, 0.4) is 0 Å². The zero-order valence-corrected chi connectivity index (χ0v) is 30.1. The topological polar surface area (TPSA) is 85.3 Å². The van der Waals surface area contributed by atoms with E-state index in [1.807, 2.05) is 57.2 Å². The molecule has 264 valence electrons. The van der Waals surface area contributed by atoms with E-state index in [0.29, 0.717) is 36.2 Å². The molecule has 0 radical (unpaired) electrons. The number of ether oxygens (including phenoxy) is 3. The molecule has 5 atom stereocenters. The van der Waals surface area contributed by atoms with Gasteiger partial charge in [0.1, 0.15) is 11.4 Å². The lowest BCUT2D eigenvalue weighted by Gasteiger charge is -2.47. The van der Waals surface area contributed by atoms with Gasteiger partial charge in [0, 0.05) is 23.5 Å². The minimum absolute atomic E-state index is 0.160. The van der Waals surface area contributed by atoms with Crippen LogP contribution in [-0.4, -0.2) is 55.1 Å². The third-order valence-corrected chi connectivity index (χ3v) is 11.3. The van der Waals surface area contributed by atoms with E-state index in [2.05, 4.69) is 23.1 Å². The first-order valence-electron chi connectivity index (χ1n) is 18.1. The molecule has 1 spiro atoms. The quantitative estimate of drug-likeness (QED) is 0.178. The molecule has 1 saturated carbocycles. The first-order valence-corrected chi connectivity index (χ1v) is 18.5. The van der Waals surface area contributed by atoms with Gasteiger partial charge in [0.25, 0.3) is 0 Å². The Morgan fingerprint density at radius 1 is 1.04 bits per heavy atom. The van der Waals surface area contributed by atoms with Crippen molar-refractivity contribution >= 4 is 29.2 Å². The van der Waals surface area contributed by atoms with Gasteiger partial charge >= 0.3 is 11.9 Å². The number of hydrogen-bond donors (Lipinski definition) is 1. The van der Waals surface area contributed by atoms with Crippen molar-refractivity contribution < 1.29 is 28.9 Å². The number of carbonyl (C=O) groups excluding carboxylic acids is 2. The molecule has 0 saturated heterocycles. The lowest BCUT2D eigenvalue weighted by Crippen LogP contribution is -2.50. The Bertz CT molecular complexity index is 1770. The molecule has 3 aliphatic carbocycles. The van der Waals surface area contributed by atoms with Crippen molar-refractivity contribution in [2.24, 2.45) is 17.8 Å². The molecule has 1 N–H and O–H groups in total. The molecule has 0 unspecified atom stereocenters. The number of fused-ring (bicyclic) bond motifs is 3. The SMILES string of the molecule is CC(C)(C)OC(=O)c1ccc2c(c1)N(C[C@@H]1CC[C@H]1[C@H](O)C1=C[C@H](CCOC(=O)c3ccccc3)C1)C[C@@]1(CCCc3cc(Cl)ccc31)CO2. The second-order valence-corrected chi connectivity index (χ2v) is 16.2. The lowest BCUT2D eigenvalue weighted by atomic mass is 9.65. The number of hydrogen-bond acceptors (Lipinski definition) is 7. The number of benzene rings is 3. The maximum absolute atomic E-state index is 13.2. The standard InChI is InChI=1S/C42H48ClNO6/c1-41(2,3)50-40(47)30-12-16-37-36(23-30)44(25-42(26-49-37)18-7-10-29-22-33(43)13-15-35(29)42)24-31-11-14-34(31)38(45)32-20-27(21-32)17-19-48-39(46)28-8-5-4-6-9-28/h4-6,8-9,12-13,15-16,20,22-23,27,31,34,38,45H,7,10-11,14,17-19,21,24-26H2,1-3H3/t27-,31-,34+,38+,42-/m0/s1. The molecule has 8 heteroatoms. The van der Waals surface area contributed by atoms with Gasteiger partial charge < -0.3 is 24.2 Å². The molecule has 1 fully saturated rings. The number of nitrogens with zero attached hydrogens (tertiary/aromatic N) is 1. The summed E-state index contributed by atoms with van der Waals surface area (Å²) >= 11 is 6.45. The fraction of sp³-hybridized carbons (Fsp3) is 0.476. The zero-order chi connectivity index (χ0) is 35.0. The number of anilines is 1. The van der Waals surface area contributed by atoms with Crippen molar-refractivity contribution in [2.75, 3.05) is 31.2 Å². The summed E-state index contributed by atoms with van der Waals surface area (Å²) in [7, 11) is 0. The van der Waals surface area contributed by atoms with E-state index in [0.717, 1.165) is 80.1 Å². The molecule has 0 amide bonds. The molecule has 1 heterocycles. The number of rotatable bonds is 9. The maximum atomic E-state index is 13.2. The van der Waals surface area contributed by atoms with Crippen LogP contribution in [0.1, 0.15) is 91.1 Å². The number of halogens is 1. The van der Waals surface area contributed by atoms with Gasteiger partial charge in [-0.3, -0.25) is 0 Å². The smallest absolute Gasteiger partial charge is 0.338 e. The second kappa shape index (κ2) is 14.1. The Labute approximate surface area is 300 Å². The molecule has 4 aliphatic rings. The minimum Gasteiger partial charge on any atom is -0.490 e. The van der Waals surface area contributed by atoms with Crippen LogP contribution in [0.5, 0.6) is 5.75 Å². The Kier molecular flexibility index (Phi) is 9.75. The summed E-state index contributed by atoms with van der Waals surface area (Å²) in [5.41, 5.74) is 4.81. The van der Waals surface area contributed by atoms with Crippen LogP contribution in [0.25, 0.3) is 0 Å². The normalized spacial score (nSPS) is 24.7. The number of esters is 2. The van der Waals surface area contributed by atoms with E-state index in [-0.39, 0.29) is 23.3 Å². The van der Waals surface area contributed by atoms with Crippen LogP contribution >= 0.6 is 11.6 Å². The Balaban J connectivity index is 1.07. The van der Waals surface area contributed by atoms with E-state index >= 15 is 0 Å². The molecule has 1 aliphatic heterocycles. The third-order valence-electron chi connectivity index (χ3n) is 11.1. The number of allylic oxidation sites excluding steroid dienone is 1. The van der Waals surface area contributed by atoms with Gasteiger partial charge in [0.2, 0.25) is 0 Å². The molecule has 3 aromatic rings. The van der Waals surface area contributed by atoms with Crippen molar-refractivity contribution in [2.45, 2.75) is 82.8 Å². The molecule has 0 aromatic heterocycles. The highest BCUT2D eigenvalue weighted by Crippen LogP contribution is 2.48. The number of carbonyl (C=O) groups is 2. The third kappa shape index (κ3) is 7.31. The Morgan fingerprint density at radius 2 is 1.84 bits per heavy atom. The van der Waals surface area contributed by atoms with Gasteiger partial charge in [-0.25, -0.2) is 9.59 Å². The highest BCUT2D eigenvalue weighted by Gasteiger charge is 2.45. The van der Waals surface area contributed by atoms with E-state index in [1.54, 1.807) is 18.2 Å². The summed E-state index contributed by atoms with van der Waals surface area (Å²) in [5, 5.41) is 12.3. The minimum atomic E-state index is -0.603. The van der Waals surface area contributed by atoms with Gasteiger partial charge in [-0.2, -0.15) is 0 Å². The second-order valence-electron chi connectivity index (χ2n) is 15.7. The monoisotopic (exact) mass is 697 g/mol. The maximum Gasteiger partial charge on any atom is 0.338 e. The molecule has 7 nitrogen and oxygen atoms in total. The van der Waals surface area contributed by atoms with Crippen LogP contribution in [-0.2, 0) is 21.3 Å². The highest BCUT2D eigenvalue weighted by atomic mass is 35.5. The van der Waals surface area contributed by atoms with Gasteiger partial charge in [0.05, 0.1) is 36.1 Å². The van der Waals surface area contributed by atoms with Crippen molar-refractivity contribution in [3.8, 4) is 5.75 Å². The van der Waals surface area contributed by atoms with E-state index in [4.69, 9.17) is 25.8 Å². The summed E-state index contributed by atoms with van der Waals surface area (Å²) < 4.78 is 17.9. The van der Waals surface area contributed by atoms with Gasteiger partial charge in [0.15, 0.2) is 0 Å². The fourth-order valence-electron chi connectivity index (χ4n) is 8.31. The predicted octanol–water partition coefficient (Wildman–Crippen LogP) is 8.35. The fourth-order valence-corrected chi connectivity index (χ4v) is 8.51. The largest absolute Gasteiger partial charge is 0.490 e. The Morgan fingerprint density at radius 3 is 2.58 bits per heavy atom. The number of aliphatic hydroxyl groups excluding tert-OH is 1. The lowest BCUT2D eigenvalue weighted by molar-refractivity contribution is 0.00692. The van der Waals surface area contributed by atoms with E-state index < -0.39 is 11.7 Å². The average molecular weight is 698 g/mol. The van der Waals surface area contributed by atoms with Crippen LogP contribution in [0.2, 0.25) is 5.02 Å². The first-order chi connectivity index (χ1) is 24.0. The molecule has 0 bridgehead atoms. The summed E-state index contributed by atoms with van der Waals surface area (Å²) in [5.74, 6) is 0.876. The van der Waals surface area contributed by atoms with Gasteiger partial charge in [-0.1, -0.05) is 41.9 Å². The van der Waals surface area contributed by atoms with Crippen LogP contribution in [0, 0.1) is 17.8 Å². The summed E-state index contributed by atoms with van der Waals surface area (Å²) in [6, 6.07) is 21.0. The average Bonchev–Trinajstić information content (AvgIpc) is 3.20. The summed E-state index contributed by atoms with van der Waals surface area (Å²) in [6.07, 6.45) is 8.33. The number of aliphatic hydroxyl groups is 1. The molecule has 50 heavy (non-hydrogen) atoms. The molecule has 3 aromatic carbocycles. The van der Waals surface area contributed by atoms with Gasteiger partial charge in [-0.15, -0.1) is 0 Å². The van der Waals surface area contributed by atoms with Crippen molar-refractivity contribution in [3.63, 3.8) is 0 Å². The van der Waals surface area contributed by atoms with Crippen molar-refractivity contribution in [1.82, 2.24) is 0 Å². The van der Waals surface area contributed by atoms with Crippen LogP contribution < -0.4 is 9.64 Å². The Hall–Kier alpha value is -3.81. The number of aryl methyl sites for hydroxylation is 1.